The number of esters is 1. The van der Waals surface area contributed by atoms with E-state index in [1.165, 1.54) is 38.8 Å². The zero-order valence-corrected chi connectivity index (χ0v) is 15.0. The quantitative estimate of drug-likeness (QED) is 0.754. The van der Waals surface area contributed by atoms with E-state index in [9.17, 15) is 4.79 Å². The van der Waals surface area contributed by atoms with Crippen molar-refractivity contribution < 1.29 is 14.3 Å². The highest BCUT2D eigenvalue weighted by atomic mass is 35.5. The molecule has 2 heterocycles. The Bertz CT molecular complexity index is 546. The third-order valence-corrected chi connectivity index (χ3v) is 5.38. The molecule has 0 aliphatic carbocycles. The monoisotopic (exact) mass is 351 g/mol. The van der Waals surface area contributed by atoms with Crippen LogP contribution in [-0.4, -0.2) is 42.7 Å². The summed E-state index contributed by atoms with van der Waals surface area (Å²) < 4.78 is 11.2. The summed E-state index contributed by atoms with van der Waals surface area (Å²) in [4.78, 5) is 14.8. The summed E-state index contributed by atoms with van der Waals surface area (Å²) in [6.45, 7) is 4.63. The largest absolute Gasteiger partial charge is 0.479 e. The molecule has 1 unspecified atom stereocenters. The summed E-state index contributed by atoms with van der Waals surface area (Å²) in [5, 5.41) is 0.645. The average molecular weight is 352 g/mol. The third-order valence-electron chi connectivity index (χ3n) is 5.13. The van der Waals surface area contributed by atoms with Gasteiger partial charge in [0, 0.05) is 17.0 Å². The van der Waals surface area contributed by atoms with Gasteiger partial charge in [0.1, 0.15) is 5.75 Å². The van der Waals surface area contributed by atoms with Crippen LogP contribution in [0.5, 0.6) is 5.75 Å². The molecular formula is C19H26ClNO3. The molecule has 2 aliphatic rings. The normalized spacial score (nSPS) is 25.6. The molecule has 0 bridgehead atoms. The Labute approximate surface area is 149 Å². The van der Waals surface area contributed by atoms with Crippen molar-refractivity contribution >= 4 is 17.6 Å². The summed E-state index contributed by atoms with van der Waals surface area (Å²) in [5.41, 5.74) is 0. The van der Waals surface area contributed by atoms with E-state index in [2.05, 4.69) is 4.90 Å². The molecule has 132 valence electrons. The van der Waals surface area contributed by atoms with Gasteiger partial charge in [-0.3, -0.25) is 4.90 Å². The SMILES string of the molecule is CC(Oc1ccc(Cl)cc1)C(=O)OC[C@@H]1CCCN2CCCC[C@H]12. The molecule has 2 fully saturated rings. The summed E-state index contributed by atoms with van der Waals surface area (Å²) in [6, 6.07) is 7.59. The molecule has 24 heavy (non-hydrogen) atoms. The van der Waals surface area contributed by atoms with E-state index in [-0.39, 0.29) is 5.97 Å². The number of nitrogens with zero attached hydrogens (tertiary/aromatic N) is 1. The molecule has 0 spiro atoms. The van der Waals surface area contributed by atoms with Gasteiger partial charge in [-0.25, -0.2) is 4.79 Å². The van der Waals surface area contributed by atoms with Gasteiger partial charge < -0.3 is 9.47 Å². The number of fused-ring (bicyclic) bond motifs is 1. The lowest BCUT2D eigenvalue weighted by Gasteiger charge is -2.44. The molecule has 0 radical (unpaired) electrons. The standard InChI is InChI=1S/C19H26ClNO3/c1-14(24-17-9-7-16(20)8-10-17)19(22)23-13-15-5-4-12-21-11-3-2-6-18(15)21/h7-10,14-15,18H,2-6,11-13H2,1H3/t14?,15-,18+/m0/s1. The zero-order chi connectivity index (χ0) is 16.9. The number of hydrogen-bond acceptors (Lipinski definition) is 4. The predicted molar refractivity (Wildman–Crippen MR) is 94.4 cm³/mol. The fourth-order valence-corrected chi connectivity index (χ4v) is 3.97. The van der Waals surface area contributed by atoms with Crippen molar-refractivity contribution in [1.82, 2.24) is 4.90 Å². The Morgan fingerprint density at radius 3 is 2.75 bits per heavy atom. The summed E-state index contributed by atoms with van der Waals surface area (Å²) >= 11 is 5.85. The van der Waals surface area contributed by atoms with Gasteiger partial charge in [-0.1, -0.05) is 18.0 Å². The molecule has 0 saturated carbocycles. The number of hydrogen-bond donors (Lipinski definition) is 0. The third kappa shape index (κ3) is 4.42. The first-order valence-electron chi connectivity index (χ1n) is 8.96. The fourth-order valence-electron chi connectivity index (χ4n) is 3.84. The maximum absolute atomic E-state index is 12.2. The van der Waals surface area contributed by atoms with E-state index < -0.39 is 6.10 Å². The molecule has 1 aromatic rings. The van der Waals surface area contributed by atoms with Crippen LogP contribution in [0.4, 0.5) is 0 Å². The van der Waals surface area contributed by atoms with Crippen molar-refractivity contribution in [3.63, 3.8) is 0 Å². The second-order valence-corrected chi connectivity index (χ2v) is 7.28. The molecule has 2 saturated heterocycles. The number of ether oxygens (including phenoxy) is 2. The minimum Gasteiger partial charge on any atom is -0.479 e. The molecule has 0 aromatic heterocycles. The van der Waals surface area contributed by atoms with Gasteiger partial charge in [0.15, 0.2) is 6.10 Å². The summed E-state index contributed by atoms with van der Waals surface area (Å²) in [6.07, 6.45) is 5.57. The second kappa shape index (κ2) is 8.21. The van der Waals surface area contributed by atoms with E-state index in [0.29, 0.717) is 29.3 Å². The number of piperidine rings is 2. The van der Waals surface area contributed by atoms with E-state index >= 15 is 0 Å². The van der Waals surface area contributed by atoms with Gasteiger partial charge >= 0.3 is 5.97 Å². The Hall–Kier alpha value is -1.26. The van der Waals surface area contributed by atoms with Gasteiger partial charge in [-0.2, -0.15) is 0 Å². The maximum Gasteiger partial charge on any atom is 0.347 e. The van der Waals surface area contributed by atoms with Crippen LogP contribution in [0.3, 0.4) is 0 Å². The first-order valence-corrected chi connectivity index (χ1v) is 9.34. The van der Waals surface area contributed by atoms with E-state index in [0.717, 1.165) is 6.42 Å². The highest BCUT2D eigenvalue weighted by Gasteiger charge is 2.34. The number of halogens is 1. The van der Waals surface area contributed by atoms with Crippen molar-refractivity contribution in [2.24, 2.45) is 5.92 Å². The smallest absolute Gasteiger partial charge is 0.347 e. The van der Waals surface area contributed by atoms with Crippen LogP contribution in [0, 0.1) is 5.92 Å². The van der Waals surface area contributed by atoms with Gasteiger partial charge in [0.05, 0.1) is 6.61 Å². The number of carbonyl (C=O) groups excluding carboxylic acids is 1. The minimum atomic E-state index is -0.614. The van der Waals surface area contributed by atoms with E-state index in [1.807, 2.05) is 0 Å². The average Bonchev–Trinajstić information content (AvgIpc) is 2.61. The molecule has 0 amide bonds. The van der Waals surface area contributed by atoms with Crippen molar-refractivity contribution in [2.75, 3.05) is 19.7 Å². The lowest BCUT2D eigenvalue weighted by Crippen LogP contribution is -2.49. The zero-order valence-electron chi connectivity index (χ0n) is 14.2. The molecule has 3 atom stereocenters. The van der Waals surface area contributed by atoms with Crippen LogP contribution >= 0.6 is 11.6 Å². The molecule has 3 rings (SSSR count). The molecule has 0 N–H and O–H groups in total. The number of carbonyl (C=O) groups is 1. The molecular weight excluding hydrogens is 326 g/mol. The van der Waals surface area contributed by atoms with Crippen molar-refractivity contribution in [3.05, 3.63) is 29.3 Å². The van der Waals surface area contributed by atoms with Crippen LogP contribution in [0.25, 0.3) is 0 Å². The van der Waals surface area contributed by atoms with E-state index in [1.54, 1.807) is 31.2 Å². The fraction of sp³-hybridized carbons (Fsp3) is 0.632. The van der Waals surface area contributed by atoms with Gasteiger partial charge in [0.25, 0.3) is 0 Å². The minimum absolute atomic E-state index is 0.294. The summed E-state index contributed by atoms with van der Waals surface area (Å²) in [5.74, 6) is 0.795. The molecule has 1 aromatic carbocycles. The molecule has 4 nitrogen and oxygen atoms in total. The second-order valence-electron chi connectivity index (χ2n) is 6.85. The van der Waals surface area contributed by atoms with Crippen LogP contribution < -0.4 is 4.74 Å². The Morgan fingerprint density at radius 2 is 1.96 bits per heavy atom. The lowest BCUT2D eigenvalue weighted by molar-refractivity contribution is -0.154. The lowest BCUT2D eigenvalue weighted by atomic mass is 9.84. The Balaban J connectivity index is 1.48. The van der Waals surface area contributed by atoms with Crippen LogP contribution in [0.15, 0.2) is 24.3 Å². The van der Waals surface area contributed by atoms with Crippen molar-refractivity contribution in [2.45, 2.75) is 51.2 Å². The van der Waals surface area contributed by atoms with Gasteiger partial charge in [0.2, 0.25) is 0 Å². The van der Waals surface area contributed by atoms with Crippen LogP contribution in [0.1, 0.15) is 39.0 Å². The van der Waals surface area contributed by atoms with Crippen LogP contribution in [0.2, 0.25) is 5.02 Å². The van der Waals surface area contributed by atoms with Crippen molar-refractivity contribution in [1.29, 1.82) is 0 Å². The number of benzene rings is 1. The first kappa shape index (κ1) is 17.6. The Morgan fingerprint density at radius 1 is 1.21 bits per heavy atom. The number of rotatable bonds is 5. The summed E-state index contributed by atoms with van der Waals surface area (Å²) in [7, 11) is 0. The van der Waals surface area contributed by atoms with Crippen molar-refractivity contribution in [3.8, 4) is 5.75 Å². The topological polar surface area (TPSA) is 38.8 Å². The predicted octanol–water partition coefficient (Wildman–Crippen LogP) is 3.92. The Kier molecular flexibility index (Phi) is 6.01. The van der Waals surface area contributed by atoms with E-state index in [4.69, 9.17) is 21.1 Å². The molecule has 5 heteroatoms. The molecule has 2 aliphatic heterocycles. The highest BCUT2D eigenvalue weighted by molar-refractivity contribution is 6.30. The van der Waals surface area contributed by atoms with Gasteiger partial charge in [-0.05, 0) is 70.0 Å². The first-order chi connectivity index (χ1) is 11.6. The van der Waals surface area contributed by atoms with Crippen LogP contribution in [-0.2, 0) is 9.53 Å². The maximum atomic E-state index is 12.2. The highest BCUT2D eigenvalue weighted by Crippen LogP contribution is 2.31. The van der Waals surface area contributed by atoms with Gasteiger partial charge in [-0.15, -0.1) is 0 Å².